The average molecular weight is 532 g/mol. The van der Waals surface area contributed by atoms with Crippen molar-refractivity contribution in [1.29, 1.82) is 0 Å². The highest BCUT2D eigenvalue weighted by Gasteiger charge is 2.31. The number of hydrogen-bond acceptors (Lipinski definition) is 6. The molecule has 202 valence electrons. The smallest absolute Gasteiger partial charge is 0.230 e. The fourth-order valence-electron chi connectivity index (χ4n) is 6.34. The van der Waals surface area contributed by atoms with Gasteiger partial charge in [0.25, 0.3) is 0 Å². The fraction of sp³-hybridized carbons (Fsp3) is 0.303. The molecular weight excluding hydrogens is 498 g/mol. The second-order valence-electron chi connectivity index (χ2n) is 11.1. The topological polar surface area (TPSA) is 81.6 Å². The first-order valence-electron chi connectivity index (χ1n) is 14.2. The monoisotopic (exact) mass is 531 g/mol. The molecule has 2 aliphatic heterocycles. The molecule has 2 aromatic heterocycles. The molecule has 7 nitrogen and oxygen atoms in total. The summed E-state index contributed by atoms with van der Waals surface area (Å²) < 4.78 is 0. The molecular formula is C33H33N5O2. The van der Waals surface area contributed by atoms with E-state index in [0.717, 1.165) is 78.3 Å². The number of fused-ring (bicyclic) bond motifs is 3. The van der Waals surface area contributed by atoms with Crippen LogP contribution in [0.3, 0.4) is 0 Å². The molecule has 1 unspecified atom stereocenters. The van der Waals surface area contributed by atoms with Crippen LogP contribution in [0.25, 0.3) is 11.1 Å². The number of carbonyl (C=O) groups is 1. The first kappa shape index (κ1) is 24.8. The van der Waals surface area contributed by atoms with Crippen LogP contribution in [-0.2, 0) is 24.2 Å². The van der Waals surface area contributed by atoms with E-state index in [9.17, 15) is 9.90 Å². The number of nitrogens with zero attached hydrogens (tertiary/aromatic N) is 4. The third kappa shape index (κ3) is 4.71. The predicted molar refractivity (Wildman–Crippen MR) is 158 cm³/mol. The van der Waals surface area contributed by atoms with Crippen molar-refractivity contribution in [2.75, 3.05) is 28.2 Å². The number of hydrogen-bond donors (Lipinski definition) is 2. The molecule has 1 fully saturated rings. The summed E-state index contributed by atoms with van der Waals surface area (Å²) in [4.78, 5) is 27.6. The molecule has 1 atom stereocenters. The van der Waals surface area contributed by atoms with E-state index in [0.29, 0.717) is 13.1 Å². The summed E-state index contributed by atoms with van der Waals surface area (Å²) >= 11 is 0. The van der Waals surface area contributed by atoms with E-state index in [1.807, 2.05) is 29.3 Å². The zero-order valence-corrected chi connectivity index (χ0v) is 22.5. The number of aliphatic hydroxyl groups is 1. The SMILES string of the molecule is O=C(C1CCc2ccccc2CC1)N1Cc2cccnc2Nc2ccc(-c3ccnc(N4CCC(O)C4)c3)cc21. The molecule has 0 spiro atoms. The summed E-state index contributed by atoms with van der Waals surface area (Å²) in [7, 11) is 0. The summed E-state index contributed by atoms with van der Waals surface area (Å²) in [6.45, 7) is 1.87. The normalized spacial score (nSPS) is 18.7. The maximum Gasteiger partial charge on any atom is 0.230 e. The van der Waals surface area contributed by atoms with E-state index >= 15 is 0 Å². The van der Waals surface area contributed by atoms with Crippen molar-refractivity contribution in [2.24, 2.45) is 5.92 Å². The Morgan fingerprint density at radius 1 is 0.850 bits per heavy atom. The van der Waals surface area contributed by atoms with E-state index < -0.39 is 0 Å². The molecule has 1 aliphatic carbocycles. The molecule has 1 amide bonds. The van der Waals surface area contributed by atoms with Gasteiger partial charge in [0.15, 0.2) is 0 Å². The van der Waals surface area contributed by atoms with Crippen LogP contribution in [0.15, 0.2) is 79.1 Å². The zero-order valence-electron chi connectivity index (χ0n) is 22.5. The first-order chi connectivity index (χ1) is 19.6. The highest BCUT2D eigenvalue weighted by atomic mass is 16.3. The van der Waals surface area contributed by atoms with Crippen molar-refractivity contribution in [3.8, 4) is 11.1 Å². The molecule has 40 heavy (non-hydrogen) atoms. The maximum absolute atomic E-state index is 14.3. The molecule has 4 aromatic rings. The number of amides is 1. The number of nitrogens with one attached hydrogen (secondary N) is 1. The Morgan fingerprint density at radius 3 is 2.40 bits per heavy atom. The number of benzene rings is 2. The number of carbonyl (C=O) groups excluding carboxylic acids is 1. The highest BCUT2D eigenvalue weighted by molar-refractivity contribution is 6.00. The third-order valence-corrected chi connectivity index (χ3v) is 8.59. The third-order valence-electron chi connectivity index (χ3n) is 8.59. The van der Waals surface area contributed by atoms with Gasteiger partial charge in [0.05, 0.1) is 24.0 Å². The van der Waals surface area contributed by atoms with Gasteiger partial charge >= 0.3 is 0 Å². The molecule has 3 aliphatic rings. The van der Waals surface area contributed by atoms with Crippen LogP contribution < -0.4 is 15.1 Å². The molecule has 0 saturated carbocycles. The second kappa shape index (κ2) is 10.4. The molecule has 2 N–H and O–H groups in total. The van der Waals surface area contributed by atoms with Gasteiger partial charge < -0.3 is 20.2 Å². The minimum atomic E-state index is -0.310. The Bertz CT molecular complexity index is 1540. The predicted octanol–water partition coefficient (Wildman–Crippen LogP) is 5.50. The Kier molecular flexibility index (Phi) is 6.44. The van der Waals surface area contributed by atoms with Crippen LogP contribution in [0, 0.1) is 5.92 Å². The van der Waals surface area contributed by atoms with Crippen molar-refractivity contribution < 1.29 is 9.90 Å². The summed E-state index contributed by atoms with van der Waals surface area (Å²) in [5.41, 5.74) is 7.54. The van der Waals surface area contributed by atoms with Gasteiger partial charge in [0.1, 0.15) is 11.6 Å². The van der Waals surface area contributed by atoms with Gasteiger partial charge in [-0.3, -0.25) is 4.79 Å². The summed E-state index contributed by atoms with van der Waals surface area (Å²) in [6.07, 6.45) is 7.61. The van der Waals surface area contributed by atoms with Gasteiger partial charge in [-0.05, 0) is 84.7 Å². The number of rotatable bonds is 3. The van der Waals surface area contributed by atoms with Crippen molar-refractivity contribution in [3.63, 3.8) is 0 Å². The maximum atomic E-state index is 14.3. The highest BCUT2D eigenvalue weighted by Crippen LogP contribution is 2.40. The minimum absolute atomic E-state index is 0.0451. The van der Waals surface area contributed by atoms with E-state index in [1.54, 1.807) is 6.20 Å². The van der Waals surface area contributed by atoms with Crippen LogP contribution >= 0.6 is 0 Å². The van der Waals surface area contributed by atoms with Crippen LogP contribution in [-0.4, -0.2) is 40.2 Å². The molecule has 2 aromatic carbocycles. The summed E-state index contributed by atoms with van der Waals surface area (Å²) in [5, 5.41) is 13.5. The van der Waals surface area contributed by atoms with Crippen molar-refractivity contribution in [2.45, 2.75) is 44.8 Å². The standard InChI is InChI=1S/C33H33N5O2/c39-28-14-17-37(21-28)31-19-26(13-16-34-31)25-11-12-29-30(18-25)38(20-27-6-3-15-35-32(27)36-29)33(40)24-9-7-22-4-1-2-5-23(22)8-10-24/h1-6,11-13,15-16,18-19,24,28,39H,7-10,14,17,20-21H2,(H,35,36). The second-order valence-corrected chi connectivity index (χ2v) is 11.1. The van der Waals surface area contributed by atoms with Crippen molar-refractivity contribution in [1.82, 2.24) is 9.97 Å². The van der Waals surface area contributed by atoms with Crippen molar-refractivity contribution in [3.05, 3.63) is 95.8 Å². The molecule has 0 bridgehead atoms. The van der Waals surface area contributed by atoms with Gasteiger partial charge in [0, 0.05) is 37.0 Å². The van der Waals surface area contributed by atoms with Gasteiger partial charge in [-0.15, -0.1) is 0 Å². The number of pyridine rings is 2. The van der Waals surface area contributed by atoms with Crippen molar-refractivity contribution >= 4 is 28.9 Å². The van der Waals surface area contributed by atoms with Gasteiger partial charge in [-0.25, -0.2) is 9.97 Å². The number of β-amino-alcohol motifs (C(OH)–C–C–N with tert-alkyl or cyclic N) is 1. The van der Waals surface area contributed by atoms with Crippen LogP contribution in [0.5, 0.6) is 0 Å². The fourth-order valence-corrected chi connectivity index (χ4v) is 6.34. The molecule has 1 saturated heterocycles. The van der Waals surface area contributed by atoms with Crippen LogP contribution in [0.2, 0.25) is 0 Å². The van der Waals surface area contributed by atoms with Gasteiger partial charge in [-0.2, -0.15) is 0 Å². The number of anilines is 4. The van der Waals surface area contributed by atoms with Gasteiger partial charge in [0.2, 0.25) is 5.91 Å². The zero-order chi connectivity index (χ0) is 27.1. The van der Waals surface area contributed by atoms with E-state index in [1.165, 1.54) is 11.1 Å². The molecule has 7 heteroatoms. The lowest BCUT2D eigenvalue weighted by molar-refractivity contribution is -0.122. The van der Waals surface area contributed by atoms with E-state index in [4.69, 9.17) is 0 Å². The first-order valence-corrected chi connectivity index (χ1v) is 14.2. The molecule has 7 rings (SSSR count). The lowest BCUT2D eigenvalue weighted by atomic mass is 9.96. The average Bonchev–Trinajstić information content (AvgIpc) is 3.22. The molecule has 4 heterocycles. The van der Waals surface area contributed by atoms with E-state index in [-0.39, 0.29) is 17.9 Å². The Balaban J connectivity index is 1.24. The lowest BCUT2D eigenvalue weighted by Gasteiger charge is -2.27. The number of aliphatic hydroxyl groups excluding tert-OH is 1. The van der Waals surface area contributed by atoms with Crippen LogP contribution in [0.4, 0.5) is 23.0 Å². The quantitative estimate of drug-likeness (QED) is 0.340. The number of aryl methyl sites for hydroxylation is 2. The Hall–Kier alpha value is -4.23. The Morgan fingerprint density at radius 2 is 1.62 bits per heavy atom. The van der Waals surface area contributed by atoms with E-state index in [2.05, 4.69) is 68.7 Å². The lowest BCUT2D eigenvalue weighted by Crippen LogP contribution is -2.36. The minimum Gasteiger partial charge on any atom is -0.391 e. The Labute approximate surface area is 234 Å². The summed E-state index contributed by atoms with van der Waals surface area (Å²) in [6, 6.07) is 22.9. The summed E-state index contributed by atoms with van der Waals surface area (Å²) in [5.74, 6) is 1.78. The largest absolute Gasteiger partial charge is 0.391 e. The van der Waals surface area contributed by atoms with Gasteiger partial charge in [-0.1, -0.05) is 36.4 Å². The number of aromatic nitrogens is 2. The van der Waals surface area contributed by atoms with Crippen LogP contribution in [0.1, 0.15) is 36.0 Å². The molecule has 0 radical (unpaired) electrons.